The van der Waals surface area contributed by atoms with Crippen LogP contribution in [-0.4, -0.2) is 20.6 Å². The number of carboxylic acid groups (broad SMARTS) is 1. The molecule has 1 aromatic heterocycles. The van der Waals surface area contributed by atoms with Gasteiger partial charge in [-0.1, -0.05) is 12.1 Å². The van der Waals surface area contributed by atoms with E-state index in [1.807, 2.05) is 0 Å². The Labute approximate surface area is 112 Å². The lowest BCUT2D eigenvalue weighted by Gasteiger charge is -2.06. The maximum Gasteiger partial charge on any atom is 0.342 e. The molecule has 20 heavy (non-hydrogen) atoms. The summed E-state index contributed by atoms with van der Waals surface area (Å²) in [6, 6.07) is 8.42. The van der Waals surface area contributed by atoms with Crippen molar-refractivity contribution in [3.63, 3.8) is 0 Å². The second-order valence-corrected chi connectivity index (χ2v) is 4.08. The monoisotopic (exact) mass is 274 g/mol. The van der Waals surface area contributed by atoms with Gasteiger partial charge >= 0.3 is 5.97 Å². The van der Waals surface area contributed by atoms with E-state index in [0.717, 1.165) is 6.07 Å². The summed E-state index contributed by atoms with van der Waals surface area (Å²) in [7, 11) is 0. The maximum atomic E-state index is 11.6. The molecule has 0 aliphatic rings. The highest BCUT2D eigenvalue weighted by Gasteiger charge is 2.19. The van der Waals surface area contributed by atoms with Crippen LogP contribution < -0.4 is 5.56 Å². The fourth-order valence-corrected chi connectivity index (χ4v) is 1.80. The molecule has 7 heteroatoms. The van der Waals surface area contributed by atoms with Crippen LogP contribution in [0.15, 0.2) is 47.4 Å². The van der Waals surface area contributed by atoms with Crippen molar-refractivity contribution in [2.45, 2.75) is 6.54 Å². The van der Waals surface area contributed by atoms with Gasteiger partial charge in [-0.2, -0.15) is 0 Å². The molecule has 0 unspecified atom stereocenters. The van der Waals surface area contributed by atoms with Crippen molar-refractivity contribution < 1.29 is 14.8 Å². The first-order chi connectivity index (χ1) is 9.49. The second kappa shape index (κ2) is 5.35. The highest BCUT2D eigenvalue weighted by Crippen LogP contribution is 2.20. The number of hydrogen-bond acceptors (Lipinski definition) is 4. The zero-order valence-corrected chi connectivity index (χ0v) is 10.2. The summed E-state index contributed by atoms with van der Waals surface area (Å²) in [6.45, 7) is 0.151. The van der Waals surface area contributed by atoms with E-state index in [9.17, 15) is 19.7 Å². The number of nitro benzene ring substituents is 1. The molecule has 0 fully saturated rings. The summed E-state index contributed by atoms with van der Waals surface area (Å²) in [5, 5.41) is 19.7. The van der Waals surface area contributed by atoms with Crippen LogP contribution in [0.3, 0.4) is 0 Å². The van der Waals surface area contributed by atoms with Gasteiger partial charge in [-0.3, -0.25) is 14.9 Å². The molecule has 0 bridgehead atoms. The van der Waals surface area contributed by atoms with Crippen molar-refractivity contribution in [1.29, 1.82) is 0 Å². The third-order valence-electron chi connectivity index (χ3n) is 2.74. The van der Waals surface area contributed by atoms with E-state index >= 15 is 0 Å². The smallest absolute Gasteiger partial charge is 0.342 e. The summed E-state index contributed by atoms with van der Waals surface area (Å²) in [5.74, 6) is -1.38. The average molecular weight is 274 g/mol. The summed E-state index contributed by atoms with van der Waals surface area (Å²) in [6.07, 6.45) is 1.56. The number of aromatic carboxylic acids is 1. The normalized spacial score (nSPS) is 10.2. The summed E-state index contributed by atoms with van der Waals surface area (Å²) in [4.78, 5) is 32.6. The van der Waals surface area contributed by atoms with E-state index in [1.54, 1.807) is 18.3 Å². The van der Waals surface area contributed by atoms with Gasteiger partial charge in [-0.05, 0) is 17.7 Å². The average Bonchev–Trinajstić information content (AvgIpc) is 2.41. The molecule has 7 nitrogen and oxygen atoms in total. The molecule has 1 heterocycles. The predicted molar refractivity (Wildman–Crippen MR) is 69.9 cm³/mol. The van der Waals surface area contributed by atoms with Crippen molar-refractivity contribution in [3.8, 4) is 0 Å². The molecule has 0 radical (unpaired) electrons. The molecule has 1 N–H and O–H groups in total. The Kier molecular flexibility index (Phi) is 3.60. The van der Waals surface area contributed by atoms with Crippen molar-refractivity contribution in [2.75, 3.05) is 0 Å². The summed E-state index contributed by atoms with van der Waals surface area (Å²) < 4.78 is 1.38. The van der Waals surface area contributed by atoms with Gasteiger partial charge in [0, 0.05) is 18.3 Å². The Morgan fingerprint density at radius 1 is 1.30 bits per heavy atom. The molecular weight excluding hydrogens is 264 g/mol. The molecule has 0 aliphatic carbocycles. The maximum absolute atomic E-state index is 11.6. The molecule has 0 aliphatic heterocycles. The molecule has 0 saturated heterocycles. The zero-order chi connectivity index (χ0) is 14.7. The zero-order valence-electron chi connectivity index (χ0n) is 10.2. The SMILES string of the molecule is O=C(O)c1cc(Cn2ccccc2=O)ccc1[N+](=O)[O-]. The van der Waals surface area contributed by atoms with Crippen LogP contribution in [0, 0.1) is 10.1 Å². The summed E-state index contributed by atoms with van der Waals surface area (Å²) >= 11 is 0. The minimum absolute atomic E-state index is 0.151. The molecule has 2 rings (SSSR count). The van der Waals surface area contributed by atoms with E-state index in [2.05, 4.69) is 0 Å². The molecule has 2 aromatic rings. The van der Waals surface area contributed by atoms with Gasteiger partial charge in [-0.25, -0.2) is 4.79 Å². The van der Waals surface area contributed by atoms with Gasteiger partial charge in [-0.15, -0.1) is 0 Å². The number of rotatable bonds is 4. The van der Waals surface area contributed by atoms with E-state index in [1.165, 1.54) is 22.8 Å². The third kappa shape index (κ3) is 2.72. The Hall–Kier alpha value is -2.96. The van der Waals surface area contributed by atoms with Crippen LogP contribution in [-0.2, 0) is 6.54 Å². The first kappa shape index (κ1) is 13.5. The van der Waals surface area contributed by atoms with Crippen LogP contribution >= 0.6 is 0 Å². The van der Waals surface area contributed by atoms with Crippen LogP contribution in [0.5, 0.6) is 0 Å². The minimum atomic E-state index is -1.38. The number of hydrogen-bond donors (Lipinski definition) is 1. The fourth-order valence-electron chi connectivity index (χ4n) is 1.80. The number of carbonyl (C=O) groups is 1. The van der Waals surface area contributed by atoms with Crippen LogP contribution in [0.4, 0.5) is 5.69 Å². The largest absolute Gasteiger partial charge is 0.477 e. The number of carboxylic acids is 1. The Morgan fingerprint density at radius 2 is 2.05 bits per heavy atom. The lowest BCUT2D eigenvalue weighted by Crippen LogP contribution is -2.18. The van der Waals surface area contributed by atoms with Crippen molar-refractivity contribution in [2.24, 2.45) is 0 Å². The number of nitro groups is 1. The molecule has 1 aromatic carbocycles. The topological polar surface area (TPSA) is 102 Å². The van der Waals surface area contributed by atoms with Gasteiger partial charge in [0.15, 0.2) is 0 Å². The number of nitrogens with zero attached hydrogens (tertiary/aromatic N) is 2. The Morgan fingerprint density at radius 3 is 2.65 bits per heavy atom. The number of aromatic nitrogens is 1. The quantitative estimate of drug-likeness (QED) is 0.672. The molecular formula is C13H10N2O5. The van der Waals surface area contributed by atoms with Crippen LogP contribution in [0.2, 0.25) is 0 Å². The van der Waals surface area contributed by atoms with Gasteiger partial charge in [0.25, 0.3) is 11.2 Å². The first-order valence-corrected chi connectivity index (χ1v) is 5.65. The minimum Gasteiger partial charge on any atom is -0.477 e. The second-order valence-electron chi connectivity index (χ2n) is 4.08. The molecule has 102 valence electrons. The molecule has 0 amide bonds. The van der Waals surface area contributed by atoms with Crippen LogP contribution in [0.1, 0.15) is 15.9 Å². The number of benzene rings is 1. The van der Waals surface area contributed by atoms with E-state index in [4.69, 9.17) is 5.11 Å². The molecule has 0 atom stereocenters. The van der Waals surface area contributed by atoms with Gasteiger partial charge in [0.2, 0.25) is 0 Å². The standard InChI is InChI=1S/C13H10N2O5/c16-12-3-1-2-6-14(12)8-9-4-5-11(15(19)20)10(7-9)13(17)18/h1-7H,8H2,(H,17,18). The van der Waals surface area contributed by atoms with E-state index < -0.39 is 22.1 Å². The van der Waals surface area contributed by atoms with Gasteiger partial charge in [0.1, 0.15) is 5.56 Å². The van der Waals surface area contributed by atoms with Crippen molar-refractivity contribution in [3.05, 3.63) is 74.2 Å². The highest BCUT2D eigenvalue weighted by atomic mass is 16.6. The van der Waals surface area contributed by atoms with Crippen molar-refractivity contribution in [1.82, 2.24) is 4.57 Å². The third-order valence-corrected chi connectivity index (χ3v) is 2.74. The van der Waals surface area contributed by atoms with Gasteiger partial charge < -0.3 is 9.67 Å². The van der Waals surface area contributed by atoms with Crippen molar-refractivity contribution >= 4 is 11.7 Å². The Bertz CT molecular complexity index is 736. The highest BCUT2D eigenvalue weighted by molar-refractivity contribution is 5.92. The Balaban J connectivity index is 2.42. The van der Waals surface area contributed by atoms with Crippen LogP contribution in [0.25, 0.3) is 0 Å². The lowest BCUT2D eigenvalue weighted by molar-refractivity contribution is -0.385. The van der Waals surface area contributed by atoms with E-state index in [0.29, 0.717) is 5.56 Å². The first-order valence-electron chi connectivity index (χ1n) is 5.65. The summed E-state index contributed by atoms with van der Waals surface area (Å²) in [5.41, 5.74) is -0.595. The predicted octanol–water partition coefficient (Wildman–Crippen LogP) is 1.50. The lowest BCUT2D eigenvalue weighted by atomic mass is 10.1. The van der Waals surface area contributed by atoms with Gasteiger partial charge in [0.05, 0.1) is 11.5 Å². The molecule has 0 spiro atoms. The fraction of sp³-hybridized carbons (Fsp3) is 0.0769. The number of pyridine rings is 1. The van der Waals surface area contributed by atoms with E-state index in [-0.39, 0.29) is 12.1 Å². The molecule has 0 saturated carbocycles.